The van der Waals surface area contributed by atoms with Gasteiger partial charge < -0.3 is 5.73 Å². The van der Waals surface area contributed by atoms with E-state index in [1.807, 2.05) is 0 Å². The lowest BCUT2D eigenvalue weighted by atomic mass is 10.4. The van der Waals surface area contributed by atoms with Gasteiger partial charge in [-0.25, -0.2) is 0 Å². The van der Waals surface area contributed by atoms with Crippen LogP contribution in [0.2, 0.25) is 0 Å². The van der Waals surface area contributed by atoms with Gasteiger partial charge in [0.05, 0.1) is 10.1 Å². The highest BCUT2D eigenvalue weighted by atomic mass is 35.5. The summed E-state index contributed by atoms with van der Waals surface area (Å²) in [5.41, 5.74) is 5.88. The van der Waals surface area contributed by atoms with Crippen molar-refractivity contribution in [3.63, 3.8) is 0 Å². The Kier molecular flexibility index (Phi) is 3.75. The fraction of sp³-hybridized carbons (Fsp3) is 0.333. The van der Waals surface area contributed by atoms with Gasteiger partial charge >= 0.3 is 0 Å². The second kappa shape index (κ2) is 3.80. The van der Waals surface area contributed by atoms with Crippen LogP contribution < -0.4 is 5.73 Å². The van der Waals surface area contributed by atoms with Crippen LogP contribution in [0.1, 0.15) is 13.8 Å². The zero-order chi connectivity index (χ0) is 7.44. The summed E-state index contributed by atoms with van der Waals surface area (Å²) in [6, 6.07) is 0. The van der Waals surface area contributed by atoms with Gasteiger partial charge in [0.15, 0.2) is 0 Å². The molecule has 9 heavy (non-hydrogen) atoms. The summed E-state index contributed by atoms with van der Waals surface area (Å²) in [5, 5.41) is 0.927. The third-order valence-electron chi connectivity index (χ3n) is 0.809. The van der Waals surface area contributed by atoms with E-state index in [0.717, 1.165) is 0 Å². The van der Waals surface area contributed by atoms with Crippen molar-refractivity contribution in [3.05, 3.63) is 21.8 Å². The molecule has 0 fully saturated rings. The molecule has 0 saturated heterocycles. The highest BCUT2D eigenvalue weighted by Gasteiger charge is 1.97. The lowest BCUT2D eigenvalue weighted by Crippen LogP contribution is -1.93. The number of rotatable bonds is 1. The van der Waals surface area contributed by atoms with Gasteiger partial charge in [0.25, 0.3) is 0 Å². The molecular weight excluding hydrogens is 157 g/mol. The Bertz CT molecular complexity index is 154. The summed E-state index contributed by atoms with van der Waals surface area (Å²) < 4.78 is 0. The monoisotopic (exact) mass is 165 g/mol. The smallest absolute Gasteiger partial charge is 0.0773 e. The van der Waals surface area contributed by atoms with Gasteiger partial charge in [0.1, 0.15) is 0 Å². The van der Waals surface area contributed by atoms with Crippen LogP contribution in [0.4, 0.5) is 0 Å². The third kappa shape index (κ3) is 2.78. The van der Waals surface area contributed by atoms with Crippen LogP contribution in [0.25, 0.3) is 0 Å². The van der Waals surface area contributed by atoms with Gasteiger partial charge in [-0.3, -0.25) is 0 Å². The van der Waals surface area contributed by atoms with Crippen LogP contribution in [0, 0.1) is 0 Å². The molecule has 0 radical (unpaired) electrons. The van der Waals surface area contributed by atoms with Crippen molar-refractivity contribution < 1.29 is 0 Å². The van der Waals surface area contributed by atoms with Gasteiger partial charge in [0.2, 0.25) is 0 Å². The Morgan fingerprint density at radius 3 is 2.00 bits per heavy atom. The van der Waals surface area contributed by atoms with E-state index in [2.05, 4.69) is 0 Å². The van der Waals surface area contributed by atoms with Crippen LogP contribution in [-0.4, -0.2) is 0 Å². The van der Waals surface area contributed by atoms with E-state index in [0.29, 0.717) is 15.8 Å². The van der Waals surface area contributed by atoms with Crippen molar-refractivity contribution in [2.75, 3.05) is 0 Å². The molecule has 0 heterocycles. The van der Waals surface area contributed by atoms with E-state index in [-0.39, 0.29) is 0 Å². The number of allylic oxidation sites excluding steroid dienone is 4. The zero-order valence-electron chi connectivity index (χ0n) is 5.41. The normalized spacial score (nSPS) is 15.3. The molecule has 0 aromatic heterocycles. The first-order valence-electron chi connectivity index (χ1n) is 2.53. The molecule has 52 valence electrons. The minimum atomic E-state index is 0.430. The van der Waals surface area contributed by atoms with Crippen molar-refractivity contribution in [3.8, 4) is 0 Å². The average Bonchev–Trinajstić information content (AvgIpc) is 1.84. The van der Waals surface area contributed by atoms with Gasteiger partial charge in [-0.1, -0.05) is 29.3 Å². The molecule has 0 atom stereocenters. The Balaban J connectivity index is 4.40. The Morgan fingerprint density at radius 1 is 1.44 bits per heavy atom. The first-order valence-corrected chi connectivity index (χ1v) is 3.29. The van der Waals surface area contributed by atoms with Gasteiger partial charge in [0, 0.05) is 5.70 Å². The second-order valence-corrected chi connectivity index (χ2v) is 2.42. The summed E-state index contributed by atoms with van der Waals surface area (Å²) in [6.45, 7) is 3.50. The lowest BCUT2D eigenvalue weighted by molar-refractivity contribution is 1.29. The van der Waals surface area contributed by atoms with Crippen LogP contribution in [-0.2, 0) is 0 Å². The Labute approximate surface area is 65.1 Å². The summed E-state index contributed by atoms with van der Waals surface area (Å²) in [4.78, 5) is 0. The predicted octanol–water partition coefficient (Wildman–Crippen LogP) is 2.56. The molecule has 0 amide bonds. The summed E-state index contributed by atoms with van der Waals surface area (Å²) in [7, 11) is 0. The molecule has 0 rings (SSSR count). The summed E-state index contributed by atoms with van der Waals surface area (Å²) >= 11 is 11.2. The van der Waals surface area contributed by atoms with Crippen LogP contribution in [0.5, 0.6) is 0 Å². The molecular formula is C6H9Cl2N. The maximum atomic E-state index is 5.62. The van der Waals surface area contributed by atoms with Gasteiger partial charge in [-0.2, -0.15) is 0 Å². The third-order valence-corrected chi connectivity index (χ3v) is 1.81. The SMILES string of the molecule is C/C=C(Cl)\C(Cl)=C(/C)N. The van der Waals surface area contributed by atoms with E-state index in [4.69, 9.17) is 28.9 Å². The van der Waals surface area contributed by atoms with Crippen LogP contribution in [0.3, 0.4) is 0 Å². The van der Waals surface area contributed by atoms with Crippen LogP contribution in [0.15, 0.2) is 21.8 Å². The standard InChI is InChI=1S/C6H9Cl2N/c1-3-5(7)6(8)4(2)9/h3H,9H2,1-2H3/b5-3+,6-4-. The van der Waals surface area contributed by atoms with E-state index in [1.165, 1.54) is 0 Å². The number of halogens is 2. The topological polar surface area (TPSA) is 26.0 Å². The molecule has 0 aliphatic rings. The molecule has 1 nitrogen and oxygen atoms in total. The average molecular weight is 166 g/mol. The first-order chi connectivity index (χ1) is 4.09. The molecule has 3 heteroatoms. The van der Waals surface area contributed by atoms with E-state index in [1.54, 1.807) is 19.9 Å². The molecule has 0 aromatic carbocycles. The maximum absolute atomic E-state index is 5.62. The minimum absolute atomic E-state index is 0.430. The van der Waals surface area contributed by atoms with E-state index >= 15 is 0 Å². The molecule has 0 spiro atoms. The van der Waals surface area contributed by atoms with Crippen molar-refractivity contribution in [1.82, 2.24) is 0 Å². The molecule has 0 unspecified atom stereocenters. The Morgan fingerprint density at radius 2 is 1.89 bits per heavy atom. The predicted molar refractivity (Wildman–Crippen MR) is 42.4 cm³/mol. The summed E-state index contributed by atoms with van der Waals surface area (Å²) in [5.74, 6) is 0. The fourth-order valence-electron chi connectivity index (χ4n) is 0.315. The van der Waals surface area contributed by atoms with Gasteiger partial charge in [-0.15, -0.1) is 0 Å². The number of hydrogen-bond donors (Lipinski definition) is 1. The maximum Gasteiger partial charge on any atom is 0.0773 e. The molecule has 0 aromatic rings. The highest BCUT2D eigenvalue weighted by molar-refractivity contribution is 6.44. The molecule has 2 N–H and O–H groups in total. The Hall–Kier alpha value is -0.140. The zero-order valence-corrected chi connectivity index (χ0v) is 6.92. The van der Waals surface area contributed by atoms with Crippen molar-refractivity contribution in [2.24, 2.45) is 5.73 Å². The number of hydrogen-bond acceptors (Lipinski definition) is 1. The van der Waals surface area contributed by atoms with Crippen LogP contribution >= 0.6 is 23.2 Å². The summed E-state index contributed by atoms with van der Waals surface area (Å²) in [6.07, 6.45) is 1.69. The largest absolute Gasteiger partial charge is 0.401 e. The molecule has 0 aliphatic heterocycles. The highest BCUT2D eigenvalue weighted by Crippen LogP contribution is 2.19. The molecule has 0 bridgehead atoms. The van der Waals surface area contributed by atoms with Crippen molar-refractivity contribution in [1.29, 1.82) is 0 Å². The first kappa shape index (κ1) is 8.86. The van der Waals surface area contributed by atoms with Crippen molar-refractivity contribution >= 4 is 23.2 Å². The quantitative estimate of drug-likeness (QED) is 0.595. The molecule has 0 aliphatic carbocycles. The van der Waals surface area contributed by atoms with E-state index in [9.17, 15) is 0 Å². The van der Waals surface area contributed by atoms with Crippen molar-refractivity contribution in [2.45, 2.75) is 13.8 Å². The van der Waals surface area contributed by atoms with E-state index < -0.39 is 0 Å². The molecule has 0 saturated carbocycles. The minimum Gasteiger partial charge on any atom is -0.401 e. The number of nitrogens with two attached hydrogens (primary N) is 1. The van der Waals surface area contributed by atoms with Gasteiger partial charge in [-0.05, 0) is 13.8 Å². The lowest BCUT2D eigenvalue weighted by Gasteiger charge is -1.96. The second-order valence-electron chi connectivity index (χ2n) is 1.63. The fourth-order valence-corrected chi connectivity index (χ4v) is 0.573.